The Morgan fingerprint density at radius 3 is 2.76 bits per heavy atom. The molecule has 0 aliphatic carbocycles. The van der Waals surface area contributed by atoms with E-state index in [1.807, 2.05) is 32.9 Å². The van der Waals surface area contributed by atoms with E-state index in [4.69, 9.17) is 0 Å². The summed E-state index contributed by atoms with van der Waals surface area (Å²) in [6.07, 6.45) is 3.15. The Bertz CT molecular complexity index is 480. The van der Waals surface area contributed by atoms with Crippen molar-refractivity contribution in [1.29, 1.82) is 0 Å². The van der Waals surface area contributed by atoms with Gasteiger partial charge in [-0.25, -0.2) is 0 Å². The highest BCUT2D eigenvalue weighted by atomic mass is 32.2. The molecule has 1 unspecified atom stereocenters. The topological polar surface area (TPSA) is 51.2 Å². The largest absolute Gasteiger partial charge is 0.356 e. The molecule has 25 heavy (non-hydrogen) atoms. The smallest absolute Gasteiger partial charge is 0.239 e. The van der Waals surface area contributed by atoms with E-state index >= 15 is 0 Å². The molecule has 1 amide bonds. The van der Waals surface area contributed by atoms with Crippen LogP contribution in [0, 0.1) is 0 Å². The zero-order valence-corrected chi connectivity index (χ0v) is 17.4. The van der Waals surface area contributed by atoms with Gasteiger partial charge in [-0.2, -0.15) is 11.8 Å². The van der Waals surface area contributed by atoms with E-state index in [0.717, 1.165) is 63.7 Å². The van der Waals surface area contributed by atoms with Crippen molar-refractivity contribution in [3.8, 4) is 0 Å². The van der Waals surface area contributed by atoms with Gasteiger partial charge in [0.05, 0.1) is 6.04 Å². The van der Waals surface area contributed by atoms with Crippen molar-refractivity contribution >= 4 is 23.6 Å². The molecule has 0 aromatic rings. The maximum Gasteiger partial charge on any atom is 0.239 e. The van der Waals surface area contributed by atoms with Crippen LogP contribution in [0.25, 0.3) is 0 Å². The second-order valence-electron chi connectivity index (χ2n) is 7.78. The lowest BCUT2D eigenvalue weighted by atomic mass is 10.2. The third-order valence-electron chi connectivity index (χ3n) is 4.93. The van der Waals surface area contributed by atoms with Gasteiger partial charge < -0.3 is 15.1 Å². The molecule has 0 spiro atoms. The number of carbonyl (C=O) groups is 1. The van der Waals surface area contributed by atoms with Crippen LogP contribution in [0.4, 0.5) is 0 Å². The fourth-order valence-electron chi connectivity index (χ4n) is 3.68. The summed E-state index contributed by atoms with van der Waals surface area (Å²) in [5, 5.41) is 3.51. The van der Waals surface area contributed by atoms with Crippen molar-refractivity contribution in [3.63, 3.8) is 0 Å². The van der Waals surface area contributed by atoms with E-state index in [0.29, 0.717) is 0 Å². The molecule has 0 bridgehead atoms. The Labute approximate surface area is 157 Å². The molecule has 0 aromatic carbocycles. The van der Waals surface area contributed by atoms with Crippen LogP contribution in [0.5, 0.6) is 0 Å². The highest BCUT2D eigenvalue weighted by molar-refractivity contribution is 8.00. The van der Waals surface area contributed by atoms with Gasteiger partial charge in [0.1, 0.15) is 0 Å². The summed E-state index contributed by atoms with van der Waals surface area (Å²) >= 11 is 2.04. The van der Waals surface area contributed by atoms with Gasteiger partial charge >= 0.3 is 0 Å². The van der Waals surface area contributed by atoms with Gasteiger partial charge in [0, 0.05) is 57.8 Å². The first kappa shape index (κ1) is 20.4. The summed E-state index contributed by atoms with van der Waals surface area (Å²) < 4.78 is 0.283. The lowest BCUT2D eigenvalue weighted by Crippen LogP contribution is -2.51. The number of thioether (sulfide) groups is 1. The molecule has 0 saturated carbocycles. The minimum Gasteiger partial charge on any atom is -0.356 e. The number of guanidine groups is 1. The van der Waals surface area contributed by atoms with Crippen LogP contribution < -0.4 is 5.32 Å². The van der Waals surface area contributed by atoms with Gasteiger partial charge in [-0.3, -0.25) is 14.7 Å². The molecule has 0 radical (unpaired) electrons. The number of rotatable bonds is 5. The van der Waals surface area contributed by atoms with Gasteiger partial charge in [0.15, 0.2) is 5.96 Å². The number of nitrogens with zero attached hydrogens (tertiary/aromatic N) is 4. The number of hydrogen-bond donors (Lipinski definition) is 1. The molecule has 2 fully saturated rings. The average molecular weight is 370 g/mol. The zero-order valence-electron chi connectivity index (χ0n) is 16.5. The predicted molar refractivity (Wildman–Crippen MR) is 107 cm³/mol. The summed E-state index contributed by atoms with van der Waals surface area (Å²) in [7, 11) is 5.56. The first-order valence-corrected chi connectivity index (χ1v) is 10.4. The van der Waals surface area contributed by atoms with Crippen LogP contribution in [0.2, 0.25) is 0 Å². The highest BCUT2D eigenvalue weighted by Gasteiger charge is 2.31. The number of carbonyl (C=O) groups excluding carboxylic acids is 1. The van der Waals surface area contributed by atoms with Crippen LogP contribution in [-0.4, -0.2) is 97.0 Å². The number of aliphatic imine (C=N–C) groups is 1. The standard InChI is InChI=1S/C18H35N5OS/c1-18(2)14-23(12-13-25-18)17(19-3)20-9-7-11-22-10-6-8-15(22)16(24)21(4)5/h15H,6-14H2,1-5H3,(H,19,20). The van der Waals surface area contributed by atoms with Gasteiger partial charge in [-0.05, 0) is 39.7 Å². The molecule has 144 valence electrons. The normalized spacial score (nSPS) is 24.4. The molecule has 7 heteroatoms. The molecule has 2 rings (SSSR count). The Morgan fingerprint density at radius 2 is 2.12 bits per heavy atom. The SMILES string of the molecule is CN=C(NCCCN1CCCC1C(=O)N(C)C)N1CCSC(C)(C)C1. The summed E-state index contributed by atoms with van der Waals surface area (Å²) in [5.41, 5.74) is 0. The highest BCUT2D eigenvalue weighted by Crippen LogP contribution is 2.29. The van der Waals surface area contributed by atoms with Crippen LogP contribution in [-0.2, 0) is 4.79 Å². The Kier molecular flexibility index (Phi) is 7.43. The maximum atomic E-state index is 12.3. The predicted octanol–water partition coefficient (Wildman–Crippen LogP) is 1.33. The molecular weight excluding hydrogens is 334 g/mol. The Hall–Kier alpha value is -0.950. The van der Waals surface area contributed by atoms with Crippen LogP contribution in [0.3, 0.4) is 0 Å². The number of likely N-dealkylation sites (tertiary alicyclic amines) is 1. The molecule has 1 N–H and O–H groups in total. The van der Waals surface area contributed by atoms with Crippen molar-refractivity contribution in [2.75, 3.05) is 59.6 Å². The molecule has 1 atom stereocenters. The van der Waals surface area contributed by atoms with Gasteiger partial charge in [-0.15, -0.1) is 0 Å². The van der Waals surface area contributed by atoms with Crippen molar-refractivity contribution < 1.29 is 4.79 Å². The van der Waals surface area contributed by atoms with Crippen molar-refractivity contribution in [2.45, 2.75) is 43.9 Å². The fraction of sp³-hybridized carbons (Fsp3) is 0.889. The monoisotopic (exact) mass is 369 g/mol. The first-order chi connectivity index (χ1) is 11.8. The number of likely N-dealkylation sites (N-methyl/N-ethyl adjacent to an activating group) is 1. The van der Waals surface area contributed by atoms with E-state index in [1.54, 1.807) is 4.90 Å². The molecule has 6 nitrogen and oxygen atoms in total. The lowest BCUT2D eigenvalue weighted by Gasteiger charge is -2.39. The zero-order chi connectivity index (χ0) is 18.4. The minimum atomic E-state index is 0.0780. The molecule has 2 aliphatic heterocycles. The van der Waals surface area contributed by atoms with Gasteiger partial charge in [-0.1, -0.05) is 0 Å². The minimum absolute atomic E-state index is 0.0780. The summed E-state index contributed by atoms with van der Waals surface area (Å²) in [4.78, 5) is 23.1. The second kappa shape index (κ2) is 9.12. The second-order valence-corrected chi connectivity index (χ2v) is 9.59. The Morgan fingerprint density at radius 1 is 1.36 bits per heavy atom. The number of nitrogens with one attached hydrogen (secondary N) is 1. The molecule has 2 heterocycles. The number of hydrogen-bond acceptors (Lipinski definition) is 4. The molecule has 0 aromatic heterocycles. The van der Waals surface area contributed by atoms with E-state index in [1.165, 1.54) is 0 Å². The van der Waals surface area contributed by atoms with E-state index in [-0.39, 0.29) is 16.7 Å². The lowest BCUT2D eigenvalue weighted by molar-refractivity contribution is -0.133. The van der Waals surface area contributed by atoms with Crippen LogP contribution in [0.15, 0.2) is 4.99 Å². The summed E-state index contributed by atoms with van der Waals surface area (Å²) in [6, 6.07) is 0.0780. The molecule has 2 saturated heterocycles. The third-order valence-corrected chi connectivity index (χ3v) is 6.23. The summed E-state index contributed by atoms with van der Waals surface area (Å²) in [6.45, 7) is 9.59. The van der Waals surface area contributed by atoms with Gasteiger partial charge in [0.2, 0.25) is 5.91 Å². The first-order valence-electron chi connectivity index (χ1n) is 9.39. The van der Waals surface area contributed by atoms with E-state index < -0.39 is 0 Å². The van der Waals surface area contributed by atoms with E-state index in [2.05, 4.69) is 34.0 Å². The van der Waals surface area contributed by atoms with Gasteiger partial charge in [0.25, 0.3) is 0 Å². The summed E-state index contributed by atoms with van der Waals surface area (Å²) in [5.74, 6) is 2.40. The van der Waals surface area contributed by atoms with Crippen LogP contribution >= 0.6 is 11.8 Å². The maximum absolute atomic E-state index is 12.3. The van der Waals surface area contributed by atoms with Crippen LogP contribution in [0.1, 0.15) is 33.1 Å². The molecular formula is C18H35N5OS. The van der Waals surface area contributed by atoms with E-state index in [9.17, 15) is 4.79 Å². The fourth-order valence-corrected chi connectivity index (χ4v) is 4.79. The quantitative estimate of drug-likeness (QED) is 0.450. The van der Waals surface area contributed by atoms with Crippen molar-refractivity contribution in [3.05, 3.63) is 0 Å². The Balaban J connectivity index is 1.75. The third kappa shape index (κ3) is 5.78. The van der Waals surface area contributed by atoms with Crippen molar-refractivity contribution in [1.82, 2.24) is 20.0 Å². The van der Waals surface area contributed by atoms with Crippen molar-refractivity contribution in [2.24, 2.45) is 4.99 Å². The average Bonchev–Trinajstić information content (AvgIpc) is 3.01. The number of amides is 1. The molecule has 2 aliphatic rings.